The van der Waals surface area contributed by atoms with Crippen LogP contribution in [0.4, 0.5) is 18.9 Å². The Labute approximate surface area is 167 Å². The molecule has 0 saturated heterocycles. The van der Waals surface area contributed by atoms with Crippen LogP contribution in [-0.4, -0.2) is 25.6 Å². The lowest BCUT2D eigenvalue weighted by molar-refractivity contribution is -0.0429. The number of para-hydroxylation sites is 1. The first kappa shape index (κ1) is 20.7. The summed E-state index contributed by atoms with van der Waals surface area (Å²) in [7, 11) is -5.57. The van der Waals surface area contributed by atoms with Crippen molar-refractivity contribution in [1.29, 1.82) is 0 Å². The summed E-state index contributed by atoms with van der Waals surface area (Å²) < 4.78 is 69.1. The lowest BCUT2D eigenvalue weighted by Gasteiger charge is -2.13. The summed E-state index contributed by atoms with van der Waals surface area (Å²) >= 11 is 3.40. The van der Waals surface area contributed by atoms with Gasteiger partial charge >= 0.3 is 15.5 Å². The maximum Gasteiger partial charge on any atom is 0.516 e. The molecule has 1 heterocycles. The number of nitrogens with one attached hydrogen (secondary N) is 1. The number of fused-ring (bicyclic) bond motifs is 1. The van der Waals surface area contributed by atoms with Gasteiger partial charge in [0.15, 0.2) is 5.76 Å². The minimum absolute atomic E-state index is 0.0581. The number of aliphatic hydroxyl groups is 1. The fourth-order valence-electron chi connectivity index (χ4n) is 2.70. The van der Waals surface area contributed by atoms with Crippen molar-refractivity contribution < 1.29 is 31.1 Å². The van der Waals surface area contributed by atoms with Gasteiger partial charge in [0.05, 0.1) is 10.2 Å². The third kappa shape index (κ3) is 4.03. The van der Waals surface area contributed by atoms with Crippen LogP contribution in [0.1, 0.15) is 12.0 Å². The quantitative estimate of drug-likeness (QED) is 0.520. The van der Waals surface area contributed by atoms with E-state index in [1.165, 1.54) is 18.2 Å². The number of benzene rings is 2. The van der Waals surface area contributed by atoms with E-state index in [0.717, 1.165) is 5.56 Å². The Bertz CT molecular complexity index is 1110. The number of hydrogen-bond donors (Lipinski definition) is 2. The van der Waals surface area contributed by atoms with Crippen LogP contribution in [0.25, 0.3) is 22.3 Å². The van der Waals surface area contributed by atoms with Crippen LogP contribution < -0.4 is 4.72 Å². The second-order valence-corrected chi connectivity index (χ2v) is 8.47. The first-order chi connectivity index (χ1) is 13.1. The fourth-order valence-corrected chi connectivity index (χ4v) is 3.89. The van der Waals surface area contributed by atoms with Gasteiger partial charge in [0.2, 0.25) is 0 Å². The Balaban J connectivity index is 2.07. The highest BCUT2D eigenvalue weighted by atomic mass is 79.9. The summed E-state index contributed by atoms with van der Waals surface area (Å²) in [5, 5.41) is 9.66. The number of furan rings is 1. The Kier molecular flexibility index (Phi) is 5.74. The van der Waals surface area contributed by atoms with Crippen LogP contribution in [0.3, 0.4) is 0 Å². The summed E-state index contributed by atoms with van der Waals surface area (Å²) in [6.07, 6.45) is 1.25. The molecule has 150 valence electrons. The minimum atomic E-state index is -5.57. The average Bonchev–Trinajstić information content (AvgIpc) is 2.95. The van der Waals surface area contributed by atoms with E-state index in [4.69, 9.17) is 9.52 Å². The highest BCUT2D eigenvalue weighted by Gasteiger charge is 2.46. The molecule has 0 atom stereocenters. The van der Waals surface area contributed by atoms with Gasteiger partial charge in [0, 0.05) is 17.6 Å². The summed E-state index contributed by atoms with van der Waals surface area (Å²) in [5.41, 5.74) is -4.08. The van der Waals surface area contributed by atoms with Crippen LogP contribution in [0.2, 0.25) is 0 Å². The van der Waals surface area contributed by atoms with Gasteiger partial charge in [0.25, 0.3) is 0 Å². The molecule has 0 aliphatic heterocycles. The summed E-state index contributed by atoms with van der Waals surface area (Å²) in [4.78, 5) is 0. The first-order valence-electron chi connectivity index (χ1n) is 8.14. The van der Waals surface area contributed by atoms with Crippen LogP contribution in [0.5, 0.6) is 0 Å². The normalized spacial score (nSPS) is 12.5. The summed E-state index contributed by atoms with van der Waals surface area (Å²) in [5.74, 6) is 0.204. The monoisotopic (exact) mass is 477 g/mol. The molecule has 28 heavy (non-hydrogen) atoms. The van der Waals surface area contributed by atoms with E-state index in [2.05, 4.69) is 15.9 Å². The zero-order valence-electron chi connectivity index (χ0n) is 14.3. The molecule has 1 aromatic heterocycles. The standard InChI is InChI=1S/C18H15BrF3NO4S/c19-16-13-10-11(4-3-9-24)7-8-15(13)27-17(16)12-5-1-2-6-14(12)23-28(25,26)18(20,21)22/h1-2,5-8,10,23-24H,3-4,9H2. The van der Waals surface area contributed by atoms with Gasteiger partial charge in [-0.3, -0.25) is 4.72 Å². The molecule has 0 unspecified atom stereocenters. The maximum atomic E-state index is 12.7. The Morgan fingerprint density at radius 2 is 1.86 bits per heavy atom. The molecular formula is C18H15BrF3NO4S. The predicted octanol–water partition coefficient (Wildman–Crippen LogP) is 5.05. The second-order valence-electron chi connectivity index (χ2n) is 6.00. The Morgan fingerprint density at radius 3 is 2.54 bits per heavy atom. The van der Waals surface area contributed by atoms with Crippen LogP contribution in [0, 0.1) is 0 Å². The number of aliphatic hydroxyl groups excluding tert-OH is 1. The molecule has 3 rings (SSSR count). The van der Waals surface area contributed by atoms with Gasteiger partial charge in [0.1, 0.15) is 5.58 Å². The minimum Gasteiger partial charge on any atom is -0.455 e. The number of sulfonamides is 1. The third-order valence-electron chi connectivity index (χ3n) is 4.04. The zero-order chi connectivity index (χ0) is 20.5. The van der Waals surface area contributed by atoms with Gasteiger partial charge in [-0.1, -0.05) is 18.2 Å². The molecule has 0 amide bonds. The molecule has 0 bridgehead atoms. The molecule has 2 aromatic carbocycles. The van der Waals surface area contributed by atoms with Gasteiger partial charge in [-0.05, 0) is 58.6 Å². The summed E-state index contributed by atoms with van der Waals surface area (Å²) in [6.45, 7) is 0.0581. The second kappa shape index (κ2) is 7.76. The van der Waals surface area contributed by atoms with Crippen molar-refractivity contribution >= 4 is 42.6 Å². The third-order valence-corrected chi connectivity index (χ3v) is 5.92. The molecule has 2 N–H and O–H groups in total. The predicted molar refractivity (Wildman–Crippen MR) is 103 cm³/mol. The van der Waals surface area contributed by atoms with Gasteiger partial charge < -0.3 is 9.52 Å². The van der Waals surface area contributed by atoms with Crippen LogP contribution >= 0.6 is 15.9 Å². The SMILES string of the molecule is O=S(=O)(Nc1ccccc1-c1oc2ccc(CCCO)cc2c1Br)C(F)(F)F. The number of alkyl halides is 3. The molecule has 0 aliphatic carbocycles. The first-order valence-corrected chi connectivity index (χ1v) is 10.4. The van der Waals surface area contributed by atoms with E-state index in [1.54, 1.807) is 16.9 Å². The van der Waals surface area contributed by atoms with Crippen LogP contribution in [-0.2, 0) is 16.4 Å². The van der Waals surface area contributed by atoms with Gasteiger partial charge in [-0.25, -0.2) is 0 Å². The van der Waals surface area contributed by atoms with E-state index in [0.29, 0.717) is 28.3 Å². The summed E-state index contributed by atoms with van der Waals surface area (Å²) in [6, 6.07) is 11.1. The van der Waals surface area contributed by atoms with E-state index in [-0.39, 0.29) is 23.6 Å². The van der Waals surface area contributed by atoms with E-state index < -0.39 is 15.5 Å². The van der Waals surface area contributed by atoms with Crippen molar-refractivity contribution in [2.45, 2.75) is 18.3 Å². The van der Waals surface area contributed by atoms with Gasteiger partial charge in [-0.2, -0.15) is 21.6 Å². The smallest absolute Gasteiger partial charge is 0.455 e. The van der Waals surface area contributed by atoms with E-state index in [9.17, 15) is 21.6 Å². The van der Waals surface area contributed by atoms with Crippen molar-refractivity contribution in [2.75, 3.05) is 11.3 Å². The molecule has 3 aromatic rings. The van der Waals surface area contributed by atoms with Crippen LogP contribution in [0.15, 0.2) is 51.4 Å². The van der Waals surface area contributed by atoms with Crippen molar-refractivity contribution in [2.24, 2.45) is 0 Å². The average molecular weight is 478 g/mol. The van der Waals surface area contributed by atoms with Crippen molar-refractivity contribution in [3.63, 3.8) is 0 Å². The number of aryl methyl sites for hydroxylation is 1. The molecule has 0 aliphatic rings. The molecule has 10 heteroatoms. The maximum absolute atomic E-state index is 12.7. The Morgan fingerprint density at radius 1 is 1.14 bits per heavy atom. The van der Waals surface area contributed by atoms with E-state index >= 15 is 0 Å². The molecule has 0 spiro atoms. The molecule has 0 saturated carbocycles. The van der Waals surface area contributed by atoms with Crippen molar-refractivity contribution in [3.8, 4) is 11.3 Å². The topological polar surface area (TPSA) is 79.5 Å². The number of anilines is 1. The molecule has 0 fully saturated rings. The lowest BCUT2D eigenvalue weighted by Crippen LogP contribution is -2.30. The molecule has 5 nitrogen and oxygen atoms in total. The number of halogens is 4. The zero-order valence-corrected chi connectivity index (χ0v) is 16.7. The molecule has 0 radical (unpaired) electrons. The van der Waals surface area contributed by atoms with E-state index in [1.807, 2.05) is 12.1 Å². The molecular weight excluding hydrogens is 463 g/mol. The highest BCUT2D eigenvalue weighted by Crippen LogP contribution is 2.41. The largest absolute Gasteiger partial charge is 0.516 e. The van der Waals surface area contributed by atoms with Crippen molar-refractivity contribution in [1.82, 2.24) is 0 Å². The Hall–Kier alpha value is -2.04. The van der Waals surface area contributed by atoms with Crippen molar-refractivity contribution in [3.05, 3.63) is 52.5 Å². The lowest BCUT2D eigenvalue weighted by atomic mass is 10.1. The highest BCUT2D eigenvalue weighted by molar-refractivity contribution is 9.10. The number of hydrogen-bond acceptors (Lipinski definition) is 4. The van der Waals surface area contributed by atoms with Gasteiger partial charge in [-0.15, -0.1) is 0 Å². The number of rotatable bonds is 6. The fraction of sp³-hybridized carbons (Fsp3) is 0.222.